The number of nitrogens with zero attached hydrogens (tertiary/aromatic N) is 1. The van der Waals surface area contributed by atoms with E-state index in [0.29, 0.717) is 0 Å². The number of hydrogen-bond donors (Lipinski definition) is 0. The summed E-state index contributed by atoms with van der Waals surface area (Å²) in [5, 5.41) is 0. The van der Waals surface area contributed by atoms with E-state index >= 15 is 0 Å². The summed E-state index contributed by atoms with van der Waals surface area (Å²) in [7, 11) is 0. The molecule has 0 heterocycles. The average Bonchev–Trinajstić information content (AvgIpc) is 2.57. The van der Waals surface area contributed by atoms with Gasteiger partial charge in [-0.1, -0.05) is 60.7 Å². The molecule has 0 unspecified atom stereocenters. The highest BCUT2D eigenvalue weighted by molar-refractivity contribution is 5.98. The van der Waals surface area contributed by atoms with Gasteiger partial charge >= 0.3 is 24.1 Å². The third-order valence-electron chi connectivity index (χ3n) is 3.69. The molecule has 0 saturated carbocycles. The van der Waals surface area contributed by atoms with Crippen molar-refractivity contribution in [2.45, 2.75) is 24.1 Å². The van der Waals surface area contributed by atoms with Gasteiger partial charge in [-0.15, -0.1) is 0 Å². The molecule has 28 heavy (non-hydrogen) atoms. The minimum Gasteiger partial charge on any atom is -0.208 e. The highest BCUT2D eigenvalue weighted by Crippen LogP contribution is 2.54. The quantitative estimate of drug-likeness (QED) is 0.421. The van der Waals surface area contributed by atoms with Gasteiger partial charge in [-0.3, -0.25) is 0 Å². The van der Waals surface area contributed by atoms with Crippen molar-refractivity contribution in [2.24, 2.45) is 4.99 Å². The van der Waals surface area contributed by atoms with E-state index < -0.39 is 29.6 Å². The number of halogens is 9. The fraction of sp³-hybridized carbons (Fsp3) is 0.222. The summed E-state index contributed by atoms with van der Waals surface area (Å²) in [5.74, 6) is 1.39. The Bertz CT molecular complexity index is 778. The monoisotopic (exact) mass is 411 g/mol. The maximum absolute atomic E-state index is 13.0. The number of aliphatic imine (C=N–C) groups is 1. The van der Waals surface area contributed by atoms with E-state index in [1.54, 1.807) is 0 Å². The highest BCUT2D eigenvalue weighted by Gasteiger charge is 2.84. The molecule has 10 heteroatoms. The molecule has 0 bridgehead atoms. The smallest absolute Gasteiger partial charge is 0.208 e. The maximum Gasteiger partial charge on any atom is 0.432 e. The molecule has 0 saturated heterocycles. The van der Waals surface area contributed by atoms with Crippen molar-refractivity contribution in [3.63, 3.8) is 0 Å². The molecule has 0 radical (unpaired) electrons. The lowest BCUT2D eigenvalue weighted by Crippen LogP contribution is -2.64. The summed E-state index contributed by atoms with van der Waals surface area (Å²) in [6, 6.07) is 13.8. The molecule has 1 nitrogen and oxygen atoms in total. The minimum atomic E-state index is -6.78. The third-order valence-corrected chi connectivity index (χ3v) is 3.69. The molecule has 0 aliphatic heterocycles. The molecule has 2 aromatic rings. The van der Waals surface area contributed by atoms with Gasteiger partial charge in [0.25, 0.3) is 0 Å². The zero-order chi connectivity index (χ0) is 21.2. The standard InChI is InChI=1S/C18H10F9N/c19-16(20,21)15(17(22,23)24,18(25,26)27)28-11-14(12-7-3-1-4-8-12)13-9-5-2-6-10-13/h1-10H. The van der Waals surface area contributed by atoms with Gasteiger partial charge in [0.15, 0.2) is 0 Å². The van der Waals surface area contributed by atoms with Gasteiger partial charge in [0.05, 0.1) is 5.57 Å². The van der Waals surface area contributed by atoms with E-state index in [2.05, 4.69) is 0 Å². The molecule has 2 rings (SSSR count). The van der Waals surface area contributed by atoms with Crippen LogP contribution in [0.4, 0.5) is 39.5 Å². The molecule has 0 aliphatic carbocycles. The topological polar surface area (TPSA) is 12.4 Å². The van der Waals surface area contributed by atoms with E-state index in [0.717, 1.165) is 0 Å². The third kappa shape index (κ3) is 3.91. The first-order valence-electron chi connectivity index (χ1n) is 7.47. The zero-order valence-electron chi connectivity index (χ0n) is 13.6. The van der Waals surface area contributed by atoms with Crippen molar-refractivity contribution in [1.82, 2.24) is 0 Å². The van der Waals surface area contributed by atoms with Crippen LogP contribution in [-0.2, 0) is 0 Å². The van der Waals surface area contributed by atoms with Crippen LogP contribution in [0.25, 0.3) is 5.57 Å². The normalized spacial score (nSPS) is 13.0. The lowest BCUT2D eigenvalue weighted by Gasteiger charge is -2.34. The molecule has 0 aliphatic rings. The Hall–Kier alpha value is -2.74. The van der Waals surface area contributed by atoms with Gasteiger partial charge < -0.3 is 0 Å². The van der Waals surface area contributed by atoms with Crippen molar-refractivity contribution < 1.29 is 39.5 Å². The number of benzene rings is 2. The van der Waals surface area contributed by atoms with Crippen LogP contribution in [0.2, 0.25) is 0 Å². The Balaban J connectivity index is 2.88. The molecular formula is C18H10F9N. The van der Waals surface area contributed by atoms with Gasteiger partial charge in [-0.25, -0.2) is 4.99 Å². The summed E-state index contributed by atoms with van der Waals surface area (Å²) < 4.78 is 117. The molecule has 0 aromatic heterocycles. The SMILES string of the molecule is FC(F)(F)C(N=C=C(c1ccccc1)c1ccccc1)(C(F)(F)F)C(F)(F)F. The van der Waals surface area contributed by atoms with Crippen molar-refractivity contribution in [2.75, 3.05) is 0 Å². The van der Waals surface area contributed by atoms with Gasteiger partial charge in [0.1, 0.15) is 0 Å². The van der Waals surface area contributed by atoms with Crippen LogP contribution in [-0.4, -0.2) is 29.9 Å². The van der Waals surface area contributed by atoms with Gasteiger partial charge in [-0.05, 0) is 17.0 Å². The minimum absolute atomic E-state index is 0.0397. The summed E-state index contributed by atoms with van der Waals surface area (Å²) in [6.45, 7) is 0. The summed E-state index contributed by atoms with van der Waals surface area (Å²) >= 11 is 0. The van der Waals surface area contributed by atoms with Gasteiger partial charge in [0.2, 0.25) is 0 Å². The molecular weight excluding hydrogens is 401 g/mol. The predicted molar refractivity (Wildman–Crippen MR) is 83.7 cm³/mol. The van der Waals surface area contributed by atoms with Crippen molar-refractivity contribution in [3.8, 4) is 0 Å². The van der Waals surface area contributed by atoms with Gasteiger partial charge in [-0.2, -0.15) is 39.5 Å². The number of rotatable bonds is 3. The fourth-order valence-electron chi connectivity index (χ4n) is 2.32. The predicted octanol–water partition coefficient (Wildman–Crippen LogP) is 6.21. The van der Waals surface area contributed by atoms with E-state index in [-0.39, 0.29) is 11.1 Å². The van der Waals surface area contributed by atoms with E-state index in [1.165, 1.54) is 66.5 Å². The second kappa shape index (κ2) is 7.35. The van der Waals surface area contributed by atoms with Crippen LogP contribution in [0.3, 0.4) is 0 Å². The maximum atomic E-state index is 13.0. The van der Waals surface area contributed by atoms with Crippen LogP contribution in [0.15, 0.2) is 65.7 Å². The first-order chi connectivity index (χ1) is 12.8. The lowest BCUT2D eigenvalue weighted by atomic mass is 9.97. The Kier molecular flexibility index (Phi) is 5.66. The van der Waals surface area contributed by atoms with Crippen LogP contribution < -0.4 is 0 Å². The first kappa shape index (κ1) is 21.6. The van der Waals surface area contributed by atoms with Crippen molar-refractivity contribution in [1.29, 1.82) is 0 Å². The van der Waals surface area contributed by atoms with Crippen molar-refractivity contribution in [3.05, 3.63) is 71.8 Å². The Morgan fingerprint density at radius 1 is 0.571 bits per heavy atom. The lowest BCUT2D eigenvalue weighted by molar-refractivity contribution is -0.377. The number of alkyl halides is 9. The Morgan fingerprint density at radius 3 is 1.18 bits per heavy atom. The molecule has 0 spiro atoms. The second-order valence-corrected chi connectivity index (χ2v) is 5.53. The molecule has 0 N–H and O–H groups in total. The largest absolute Gasteiger partial charge is 0.432 e. The average molecular weight is 411 g/mol. The molecule has 150 valence electrons. The summed E-state index contributed by atoms with van der Waals surface area (Å²) in [4.78, 5) is 1.96. The van der Waals surface area contributed by atoms with E-state index in [1.807, 2.05) is 4.99 Å². The van der Waals surface area contributed by atoms with Crippen LogP contribution in [0.1, 0.15) is 11.1 Å². The second-order valence-electron chi connectivity index (χ2n) is 5.53. The fourth-order valence-corrected chi connectivity index (χ4v) is 2.32. The molecule has 0 amide bonds. The Morgan fingerprint density at radius 2 is 0.893 bits per heavy atom. The van der Waals surface area contributed by atoms with Crippen LogP contribution in [0.5, 0.6) is 0 Å². The highest BCUT2D eigenvalue weighted by atomic mass is 19.4. The molecule has 2 aromatic carbocycles. The number of hydrogen-bond acceptors (Lipinski definition) is 1. The zero-order valence-corrected chi connectivity index (χ0v) is 13.6. The summed E-state index contributed by atoms with van der Waals surface area (Å²) in [5.41, 5.74) is -6.68. The van der Waals surface area contributed by atoms with Crippen LogP contribution >= 0.6 is 0 Å². The Labute approximate surface area is 152 Å². The van der Waals surface area contributed by atoms with Crippen molar-refractivity contribution >= 4 is 11.4 Å². The van der Waals surface area contributed by atoms with E-state index in [4.69, 9.17) is 0 Å². The van der Waals surface area contributed by atoms with Crippen LogP contribution in [0, 0.1) is 0 Å². The molecule has 0 fully saturated rings. The summed E-state index contributed by atoms with van der Waals surface area (Å²) in [6.07, 6.45) is -20.3. The molecule has 0 atom stereocenters. The first-order valence-corrected chi connectivity index (χ1v) is 7.47. The van der Waals surface area contributed by atoms with Gasteiger partial charge in [0, 0.05) is 0 Å². The van der Waals surface area contributed by atoms with E-state index in [9.17, 15) is 39.5 Å².